The summed E-state index contributed by atoms with van der Waals surface area (Å²) in [4.78, 5) is 34.8. The summed E-state index contributed by atoms with van der Waals surface area (Å²) in [6.07, 6.45) is 8.21. The minimum Gasteiger partial charge on any atom is -0.449 e. The van der Waals surface area contributed by atoms with Gasteiger partial charge < -0.3 is 9.84 Å². The Bertz CT molecular complexity index is 1060. The summed E-state index contributed by atoms with van der Waals surface area (Å²) >= 11 is 0. The van der Waals surface area contributed by atoms with Crippen LogP contribution in [0.25, 0.3) is 5.69 Å². The topological polar surface area (TPSA) is 110 Å². The van der Waals surface area contributed by atoms with Crippen LogP contribution < -0.4 is 9.64 Å². The average Bonchev–Trinajstić information content (AvgIpc) is 3.21. The predicted octanol–water partition coefficient (Wildman–Crippen LogP) is 4.08. The van der Waals surface area contributed by atoms with Crippen LogP contribution in [-0.2, 0) is 11.3 Å². The lowest BCUT2D eigenvalue weighted by Gasteiger charge is -2.30. The van der Waals surface area contributed by atoms with Gasteiger partial charge in [0.1, 0.15) is 0 Å². The molecule has 3 aromatic rings. The number of para-hydroxylation sites is 1. The van der Waals surface area contributed by atoms with E-state index in [1.165, 1.54) is 15.8 Å². The highest BCUT2D eigenvalue weighted by Crippen LogP contribution is 2.35. The van der Waals surface area contributed by atoms with E-state index in [4.69, 9.17) is 4.74 Å². The second-order valence-corrected chi connectivity index (χ2v) is 8.04. The van der Waals surface area contributed by atoms with Gasteiger partial charge in [0.2, 0.25) is 11.7 Å². The summed E-state index contributed by atoms with van der Waals surface area (Å²) in [5, 5.41) is 13.8. The highest BCUT2D eigenvalue weighted by molar-refractivity contribution is 5.95. The highest BCUT2D eigenvalue weighted by Gasteiger charge is 2.33. The number of amides is 1. The van der Waals surface area contributed by atoms with Gasteiger partial charge in [-0.1, -0.05) is 25.1 Å². The zero-order chi connectivity index (χ0) is 22.5. The Balaban J connectivity index is 1.74. The number of carbonyl (C=O) groups excluding carboxylic acids is 1. The second kappa shape index (κ2) is 9.59. The summed E-state index contributed by atoms with van der Waals surface area (Å²) in [5.41, 5.74) is 1.29. The third-order valence-electron chi connectivity index (χ3n) is 5.70. The molecule has 9 heteroatoms. The van der Waals surface area contributed by atoms with E-state index in [1.54, 1.807) is 18.6 Å². The summed E-state index contributed by atoms with van der Waals surface area (Å²) in [7, 11) is 0. The van der Waals surface area contributed by atoms with Crippen LogP contribution in [0.5, 0.6) is 5.75 Å². The molecule has 2 heterocycles. The van der Waals surface area contributed by atoms with Gasteiger partial charge in [-0.2, -0.15) is 0 Å². The Morgan fingerprint density at radius 1 is 1.16 bits per heavy atom. The Morgan fingerprint density at radius 2 is 1.91 bits per heavy atom. The summed E-state index contributed by atoms with van der Waals surface area (Å²) in [5.74, 6) is 0.447. The molecule has 0 bridgehead atoms. The zero-order valence-electron chi connectivity index (χ0n) is 17.8. The second-order valence-electron chi connectivity index (χ2n) is 8.04. The van der Waals surface area contributed by atoms with Crippen LogP contribution in [0.1, 0.15) is 38.3 Å². The fourth-order valence-electron chi connectivity index (χ4n) is 3.97. The monoisotopic (exact) mass is 435 g/mol. The molecule has 1 aliphatic carbocycles. The Morgan fingerprint density at radius 3 is 2.56 bits per heavy atom. The van der Waals surface area contributed by atoms with Crippen LogP contribution in [-0.4, -0.2) is 36.9 Å². The van der Waals surface area contributed by atoms with Crippen molar-refractivity contribution in [2.45, 2.75) is 39.2 Å². The van der Waals surface area contributed by atoms with Crippen molar-refractivity contribution < 1.29 is 19.4 Å². The number of anilines is 1. The number of benzene rings is 1. The van der Waals surface area contributed by atoms with Gasteiger partial charge in [0.25, 0.3) is 0 Å². The van der Waals surface area contributed by atoms with Crippen molar-refractivity contribution >= 4 is 17.9 Å². The number of nitrogens with zero attached hydrogens (tertiary/aromatic N) is 5. The number of hydrogen-bond donors (Lipinski definition) is 1. The van der Waals surface area contributed by atoms with E-state index in [-0.39, 0.29) is 29.9 Å². The normalized spacial score (nSPS) is 18.2. The number of carboxylic acid groups (broad SMARTS) is 1. The quantitative estimate of drug-likeness (QED) is 0.581. The van der Waals surface area contributed by atoms with Crippen molar-refractivity contribution in [2.75, 3.05) is 4.90 Å². The van der Waals surface area contributed by atoms with Crippen molar-refractivity contribution in [3.8, 4) is 11.4 Å². The van der Waals surface area contributed by atoms with Crippen LogP contribution in [0, 0.1) is 11.8 Å². The van der Waals surface area contributed by atoms with Gasteiger partial charge in [-0.25, -0.2) is 9.48 Å². The number of ether oxygens (including phenoxy) is 1. The Kier molecular flexibility index (Phi) is 6.44. The van der Waals surface area contributed by atoms with Crippen molar-refractivity contribution in [1.29, 1.82) is 0 Å². The lowest BCUT2D eigenvalue weighted by molar-refractivity contribution is -0.123. The molecule has 2 aromatic heterocycles. The number of rotatable bonds is 6. The van der Waals surface area contributed by atoms with Gasteiger partial charge in [-0.05, 0) is 43.7 Å². The van der Waals surface area contributed by atoms with Crippen molar-refractivity contribution in [3.05, 3.63) is 60.8 Å². The number of carbonyl (C=O) groups is 2. The van der Waals surface area contributed by atoms with Crippen LogP contribution >= 0.6 is 0 Å². The molecule has 4 rings (SSSR count). The third kappa shape index (κ3) is 4.93. The molecule has 0 aliphatic heterocycles. The minimum atomic E-state index is -1.47. The van der Waals surface area contributed by atoms with Crippen molar-refractivity contribution in [1.82, 2.24) is 19.7 Å². The lowest BCUT2D eigenvalue weighted by Crippen LogP contribution is -2.38. The zero-order valence-corrected chi connectivity index (χ0v) is 17.8. The van der Waals surface area contributed by atoms with E-state index in [1.807, 2.05) is 30.3 Å². The van der Waals surface area contributed by atoms with Gasteiger partial charge in [0.15, 0.2) is 5.75 Å². The fraction of sp³-hybridized carbons (Fsp3) is 0.348. The van der Waals surface area contributed by atoms with Crippen LogP contribution in [0.2, 0.25) is 0 Å². The van der Waals surface area contributed by atoms with E-state index in [0.717, 1.165) is 25.7 Å². The van der Waals surface area contributed by atoms with E-state index in [0.29, 0.717) is 17.3 Å². The van der Waals surface area contributed by atoms with E-state index in [9.17, 15) is 14.7 Å². The van der Waals surface area contributed by atoms with E-state index in [2.05, 4.69) is 22.0 Å². The first-order valence-electron chi connectivity index (χ1n) is 10.6. The lowest BCUT2D eigenvalue weighted by atomic mass is 9.82. The standard InChI is InChI=1S/C23H25N5O4/c1-16-7-9-17(10-8-16)22(29)27(14-18-13-24-11-12-25-18)21-20(32-23(30)31)15-28(26-21)19-5-3-2-4-6-19/h2-6,11-13,15-17H,7-10,14H2,1H3,(H,30,31). The molecule has 1 aromatic carbocycles. The first-order valence-corrected chi connectivity index (χ1v) is 10.6. The highest BCUT2D eigenvalue weighted by atomic mass is 16.7. The fourth-order valence-corrected chi connectivity index (χ4v) is 3.97. The SMILES string of the molecule is CC1CCC(C(=O)N(Cc2cnccn2)c2nn(-c3ccccc3)cc2OC(=O)O)CC1. The van der Waals surface area contributed by atoms with Crippen LogP contribution in [0.4, 0.5) is 10.6 Å². The molecule has 1 saturated carbocycles. The van der Waals surface area contributed by atoms with Gasteiger partial charge in [-0.15, -0.1) is 5.10 Å². The molecule has 1 amide bonds. The molecule has 9 nitrogen and oxygen atoms in total. The van der Waals surface area contributed by atoms with Crippen LogP contribution in [0.3, 0.4) is 0 Å². The molecular formula is C23H25N5O4. The summed E-state index contributed by atoms with van der Waals surface area (Å²) in [6, 6.07) is 9.23. The average molecular weight is 435 g/mol. The Hall–Kier alpha value is -3.75. The largest absolute Gasteiger partial charge is 0.511 e. The maximum atomic E-state index is 13.6. The number of aromatic nitrogens is 4. The summed E-state index contributed by atoms with van der Waals surface area (Å²) in [6.45, 7) is 2.30. The molecule has 0 spiro atoms. The molecule has 0 radical (unpaired) electrons. The molecule has 0 unspecified atom stereocenters. The van der Waals surface area contributed by atoms with E-state index < -0.39 is 6.16 Å². The van der Waals surface area contributed by atoms with Gasteiger partial charge in [0, 0.05) is 18.3 Å². The van der Waals surface area contributed by atoms with E-state index >= 15 is 0 Å². The maximum Gasteiger partial charge on any atom is 0.511 e. The van der Waals surface area contributed by atoms with Gasteiger partial charge in [0.05, 0.1) is 30.3 Å². The first-order chi connectivity index (χ1) is 15.5. The molecule has 1 N–H and O–H groups in total. The molecule has 1 aliphatic rings. The van der Waals surface area contributed by atoms with Gasteiger partial charge >= 0.3 is 6.16 Å². The van der Waals surface area contributed by atoms with Crippen molar-refractivity contribution in [2.24, 2.45) is 11.8 Å². The molecule has 32 heavy (non-hydrogen) atoms. The van der Waals surface area contributed by atoms with Crippen LogP contribution in [0.15, 0.2) is 55.1 Å². The summed E-state index contributed by atoms with van der Waals surface area (Å²) < 4.78 is 6.53. The molecule has 1 fully saturated rings. The van der Waals surface area contributed by atoms with Crippen molar-refractivity contribution in [3.63, 3.8) is 0 Å². The number of hydrogen-bond acceptors (Lipinski definition) is 6. The molecule has 0 saturated heterocycles. The molecular weight excluding hydrogens is 410 g/mol. The Labute approximate surface area is 185 Å². The third-order valence-corrected chi connectivity index (χ3v) is 5.70. The molecule has 0 atom stereocenters. The minimum absolute atomic E-state index is 0.0113. The van der Waals surface area contributed by atoms with Gasteiger partial charge in [-0.3, -0.25) is 19.7 Å². The maximum absolute atomic E-state index is 13.6. The predicted molar refractivity (Wildman–Crippen MR) is 117 cm³/mol. The first kappa shape index (κ1) is 21.5. The smallest absolute Gasteiger partial charge is 0.449 e. The molecule has 166 valence electrons.